The van der Waals surface area contributed by atoms with Crippen LogP contribution in [0.1, 0.15) is 28.8 Å². The number of benzene rings is 2. The predicted octanol–water partition coefficient (Wildman–Crippen LogP) is 3.16. The Morgan fingerprint density at radius 3 is 2.52 bits per heavy atom. The van der Waals surface area contributed by atoms with Crippen molar-refractivity contribution in [2.75, 3.05) is 27.3 Å². The highest BCUT2D eigenvalue weighted by Crippen LogP contribution is 2.29. The molecule has 0 aromatic heterocycles. The van der Waals surface area contributed by atoms with Crippen molar-refractivity contribution in [1.82, 2.24) is 4.90 Å². The van der Waals surface area contributed by atoms with E-state index < -0.39 is 6.23 Å². The third-order valence-electron chi connectivity index (χ3n) is 5.25. The molecule has 5 nitrogen and oxygen atoms in total. The number of ether oxygens (including phenoxy) is 2. The van der Waals surface area contributed by atoms with Crippen LogP contribution in [-0.4, -0.2) is 49.3 Å². The molecule has 3 rings (SSSR count). The van der Waals surface area contributed by atoms with Crippen molar-refractivity contribution in [1.29, 1.82) is 0 Å². The molecule has 2 aromatic rings. The maximum absolute atomic E-state index is 12.6. The lowest BCUT2D eigenvalue weighted by atomic mass is 9.88. The van der Waals surface area contributed by atoms with E-state index in [9.17, 15) is 9.90 Å². The fourth-order valence-corrected chi connectivity index (χ4v) is 3.64. The molecule has 0 radical (unpaired) electrons. The van der Waals surface area contributed by atoms with E-state index >= 15 is 0 Å². The molecular formula is C22H27NO4. The minimum absolute atomic E-state index is 0.111. The van der Waals surface area contributed by atoms with Crippen LogP contribution >= 0.6 is 0 Å². The summed E-state index contributed by atoms with van der Waals surface area (Å²) in [7, 11) is 3.24. The number of methoxy groups -OCH3 is 2. The summed E-state index contributed by atoms with van der Waals surface area (Å²) >= 11 is 0. The highest BCUT2D eigenvalue weighted by atomic mass is 16.5. The Kier molecular flexibility index (Phi) is 6.48. The van der Waals surface area contributed by atoms with Crippen molar-refractivity contribution in [3.8, 4) is 11.5 Å². The summed E-state index contributed by atoms with van der Waals surface area (Å²) in [6.07, 6.45) is 1.47. The zero-order valence-corrected chi connectivity index (χ0v) is 15.9. The number of likely N-dealkylation sites (tertiary alicyclic amines) is 1. The van der Waals surface area contributed by atoms with Gasteiger partial charge in [0, 0.05) is 24.6 Å². The first-order valence-electron chi connectivity index (χ1n) is 9.34. The average Bonchev–Trinajstić information content (AvgIpc) is 2.72. The van der Waals surface area contributed by atoms with Gasteiger partial charge < -0.3 is 14.6 Å². The summed E-state index contributed by atoms with van der Waals surface area (Å²) in [6.45, 7) is 1.46. The monoisotopic (exact) mass is 369 g/mol. The standard InChI is InChI=1S/C22H27NO4/c1-26-19-9-8-16(14-20(19)27-2)10-12-23-13-11-18(15-21(23)24)22(25)17-6-4-3-5-7-17/h3-9,14,18,21,24H,10-13,15H2,1-2H3. The zero-order chi connectivity index (χ0) is 19.2. The van der Waals surface area contributed by atoms with Gasteiger partial charge >= 0.3 is 0 Å². The second-order valence-electron chi connectivity index (χ2n) is 6.91. The summed E-state index contributed by atoms with van der Waals surface area (Å²) < 4.78 is 10.6. The second kappa shape index (κ2) is 9.02. The van der Waals surface area contributed by atoms with Crippen molar-refractivity contribution >= 4 is 5.78 Å². The fraction of sp³-hybridized carbons (Fsp3) is 0.409. The third kappa shape index (κ3) is 4.67. The van der Waals surface area contributed by atoms with Gasteiger partial charge in [0.2, 0.25) is 0 Å². The van der Waals surface area contributed by atoms with E-state index in [0.29, 0.717) is 17.9 Å². The number of Topliss-reactive ketones (excluding diaryl/α,β-unsaturated/α-hetero) is 1. The SMILES string of the molecule is COc1ccc(CCN2CCC(C(=O)c3ccccc3)CC2O)cc1OC. The number of nitrogens with zero attached hydrogens (tertiary/aromatic N) is 1. The third-order valence-corrected chi connectivity index (χ3v) is 5.25. The van der Waals surface area contributed by atoms with Crippen LogP contribution in [0.3, 0.4) is 0 Å². The lowest BCUT2D eigenvalue weighted by Gasteiger charge is -2.36. The number of aliphatic hydroxyl groups is 1. The summed E-state index contributed by atoms with van der Waals surface area (Å²) in [4.78, 5) is 14.7. The number of carbonyl (C=O) groups excluding carboxylic acids is 1. The van der Waals surface area contributed by atoms with Gasteiger partial charge in [-0.1, -0.05) is 36.4 Å². The molecule has 144 valence electrons. The lowest BCUT2D eigenvalue weighted by Crippen LogP contribution is -2.45. The second-order valence-corrected chi connectivity index (χ2v) is 6.91. The number of ketones is 1. The Balaban J connectivity index is 1.55. The molecule has 1 aliphatic heterocycles. The Morgan fingerprint density at radius 1 is 1.11 bits per heavy atom. The van der Waals surface area contributed by atoms with Crippen LogP contribution in [0.25, 0.3) is 0 Å². The minimum Gasteiger partial charge on any atom is -0.493 e. The van der Waals surface area contributed by atoms with Gasteiger partial charge in [0.1, 0.15) is 6.23 Å². The molecule has 2 aromatic carbocycles. The average molecular weight is 369 g/mol. The van der Waals surface area contributed by atoms with Crippen molar-refractivity contribution in [3.63, 3.8) is 0 Å². The topological polar surface area (TPSA) is 59.0 Å². The minimum atomic E-state index is -0.587. The number of rotatable bonds is 7. The van der Waals surface area contributed by atoms with Crippen molar-refractivity contribution < 1.29 is 19.4 Å². The summed E-state index contributed by atoms with van der Waals surface area (Å²) in [6, 6.07) is 15.2. The van der Waals surface area contributed by atoms with Crippen LogP contribution in [0, 0.1) is 5.92 Å². The van der Waals surface area contributed by atoms with Crippen molar-refractivity contribution in [3.05, 3.63) is 59.7 Å². The summed E-state index contributed by atoms with van der Waals surface area (Å²) in [5, 5.41) is 10.5. The summed E-state index contributed by atoms with van der Waals surface area (Å²) in [5.41, 5.74) is 1.86. The van der Waals surface area contributed by atoms with Crippen LogP contribution in [0.15, 0.2) is 48.5 Å². The van der Waals surface area contributed by atoms with E-state index in [-0.39, 0.29) is 11.7 Å². The van der Waals surface area contributed by atoms with Crippen LogP contribution in [0.2, 0.25) is 0 Å². The maximum atomic E-state index is 12.6. The van der Waals surface area contributed by atoms with E-state index in [4.69, 9.17) is 9.47 Å². The fourth-order valence-electron chi connectivity index (χ4n) is 3.64. The summed E-state index contributed by atoms with van der Waals surface area (Å²) in [5.74, 6) is 1.44. The van der Waals surface area contributed by atoms with Gasteiger partial charge in [-0.05, 0) is 37.0 Å². The molecule has 2 atom stereocenters. The Morgan fingerprint density at radius 2 is 1.85 bits per heavy atom. The number of aliphatic hydroxyl groups excluding tert-OH is 1. The van der Waals surface area contributed by atoms with Gasteiger partial charge in [0.25, 0.3) is 0 Å². The Labute approximate surface area is 160 Å². The van der Waals surface area contributed by atoms with Crippen LogP contribution in [0.5, 0.6) is 11.5 Å². The molecule has 1 N–H and O–H groups in total. The molecule has 2 unspecified atom stereocenters. The lowest BCUT2D eigenvalue weighted by molar-refractivity contribution is -0.0372. The largest absolute Gasteiger partial charge is 0.493 e. The van der Waals surface area contributed by atoms with Crippen molar-refractivity contribution in [2.45, 2.75) is 25.5 Å². The molecule has 0 amide bonds. The number of hydrogen-bond donors (Lipinski definition) is 1. The molecule has 5 heteroatoms. The molecule has 1 aliphatic rings. The van der Waals surface area contributed by atoms with Gasteiger partial charge in [0.15, 0.2) is 17.3 Å². The Bertz CT molecular complexity index is 762. The molecule has 0 spiro atoms. The first kappa shape index (κ1) is 19.4. The zero-order valence-electron chi connectivity index (χ0n) is 15.9. The number of hydrogen-bond acceptors (Lipinski definition) is 5. The first-order valence-corrected chi connectivity index (χ1v) is 9.34. The van der Waals surface area contributed by atoms with E-state index in [2.05, 4.69) is 0 Å². The van der Waals surface area contributed by atoms with Gasteiger partial charge in [-0.2, -0.15) is 0 Å². The highest BCUT2D eigenvalue weighted by molar-refractivity contribution is 5.97. The highest BCUT2D eigenvalue weighted by Gasteiger charge is 2.31. The molecule has 27 heavy (non-hydrogen) atoms. The van der Waals surface area contributed by atoms with Gasteiger partial charge in [-0.3, -0.25) is 9.69 Å². The predicted molar refractivity (Wildman–Crippen MR) is 104 cm³/mol. The van der Waals surface area contributed by atoms with Gasteiger partial charge in [-0.25, -0.2) is 0 Å². The molecule has 0 aliphatic carbocycles. The molecule has 1 fully saturated rings. The maximum Gasteiger partial charge on any atom is 0.166 e. The van der Waals surface area contributed by atoms with Crippen molar-refractivity contribution in [2.24, 2.45) is 5.92 Å². The molecular weight excluding hydrogens is 342 g/mol. The smallest absolute Gasteiger partial charge is 0.166 e. The van der Waals surface area contributed by atoms with Crippen LogP contribution in [-0.2, 0) is 6.42 Å². The van der Waals surface area contributed by atoms with E-state index in [0.717, 1.165) is 37.1 Å². The molecule has 0 saturated carbocycles. The van der Waals surface area contributed by atoms with Gasteiger partial charge in [-0.15, -0.1) is 0 Å². The van der Waals surface area contributed by atoms with E-state index in [1.165, 1.54) is 0 Å². The first-order chi connectivity index (χ1) is 13.1. The molecule has 1 saturated heterocycles. The number of carbonyl (C=O) groups is 1. The Hall–Kier alpha value is -2.37. The van der Waals surface area contributed by atoms with Crippen LogP contribution < -0.4 is 9.47 Å². The van der Waals surface area contributed by atoms with Gasteiger partial charge in [0.05, 0.1) is 14.2 Å². The van der Waals surface area contributed by atoms with E-state index in [1.807, 2.05) is 53.4 Å². The molecule has 1 heterocycles. The quantitative estimate of drug-likeness (QED) is 0.760. The normalized spacial score (nSPS) is 20.3. The van der Waals surface area contributed by atoms with Crippen LogP contribution in [0.4, 0.5) is 0 Å². The molecule has 0 bridgehead atoms. The van der Waals surface area contributed by atoms with E-state index in [1.54, 1.807) is 14.2 Å². The number of piperidine rings is 1.